The topological polar surface area (TPSA) is 53.9 Å². The summed E-state index contributed by atoms with van der Waals surface area (Å²) < 4.78 is 40.9. The van der Waals surface area contributed by atoms with Crippen molar-refractivity contribution in [2.24, 2.45) is 11.8 Å². The number of rotatable bonds is 5. The Hall–Kier alpha value is -3.00. The van der Waals surface area contributed by atoms with Gasteiger partial charge in [-0.15, -0.1) is 10.2 Å². The SMILES string of the molecule is Cc1ccc(CN2C[C@H]3CC(Nc4ccc(-c5cc(F)cc(F)c5F)nn4)C[C@H]3C2)nc1. The second-order valence-corrected chi connectivity index (χ2v) is 8.91. The van der Waals surface area contributed by atoms with Gasteiger partial charge in [0.25, 0.3) is 0 Å². The number of hydrogen-bond donors (Lipinski definition) is 1. The summed E-state index contributed by atoms with van der Waals surface area (Å²) in [4.78, 5) is 6.99. The summed E-state index contributed by atoms with van der Waals surface area (Å²) in [6, 6.07) is 9.13. The van der Waals surface area contributed by atoms with Crippen LogP contribution in [0.25, 0.3) is 11.3 Å². The van der Waals surface area contributed by atoms with E-state index in [1.807, 2.05) is 13.1 Å². The van der Waals surface area contributed by atoms with Crippen LogP contribution in [0.2, 0.25) is 0 Å². The number of benzene rings is 1. The second kappa shape index (κ2) is 8.50. The van der Waals surface area contributed by atoms with E-state index in [1.54, 1.807) is 6.07 Å². The molecule has 0 bridgehead atoms. The van der Waals surface area contributed by atoms with Crippen molar-refractivity contribution in [3.05, 3.63) is 71.3 Å². The van der Waals surface area contributed by atoms with Crippen molar-refractivity contribution in [3.63, 3.8) is 0 Å². The Morgan fingerprint density at radius 3 is 2.44 bits per heavy atom. The molecule has 3 atom stereocenters. The Balaban J connectivity index is 1.17. The molecule has 2 fully saturated rings. The van der Waals surface area contributed by atoms with Crippen molar-refractivity contribution in [1.82, 2.24) is 20.1 Å². The molecular formula is C24H24F3N5. The molecule has 1 aromatic carbocycles. The summed E-state index contributed by atoms with van der Waals surface area (Å²) in [5.74, 6) is -1.38. The quantitative estimate of drug-likeness (QED) is 0.590. The Labute approximate surface area is 184 Å². The van der Waals surface area contributed by atoms with E-state index in [1.165, 1.54) is 11.6 Å². The highest BCUT2D eigenvalue weighted by molar-refractivity contribution is 5.60. The first kappa shape index (κ1) is 20.9. The highest BCUT2D eigenvalue weighted by atomic mass is 19.2. The maximum absolute atomic E-state index is 14.0. The Morgan fingerprint density at radius 2 is 1.78 bits per heavy atom. The molecular weight excluding hydrogens is 415 g/mol. The molecule has 1 N–H and O–H groups in total. The molecule has 1 aliphatic carbocycles. The number of aryl methyl sites for hydroxylation is 1. The molecule has 0 spiro atoms. The van der Waals surface area contributed by atoms with Crippen molar-refractivity contribution in [2.45, 2.75) is 32.4 Å². The van der Waals surface area contributed by atoms with E-state index in [0.717, 1.165) is 44.2 Å². The molecule has 32 heavy (non-hydrogen) atoms. The van der Waals surface area contributed by atoms with Gasteiger partial charge in [-0.05, 0) is 61.4 Å². The summed E-state index contributed by atoms with van der Waals surface area (Å²) >= 11 is 0. The normalized spacial score (nSPS) is 22.8. The largest absolute Gasteiger partial charge is 0.366 e. The van der Waals surface area contributed by atoms with Gasteiger partial charge in [0, 0.05) is 43.5 Å². The number of likely N-dealkylation sites (tertiary alicyclic amines) is 1. The van der Waals surface area contributed by atoms with E-state index in [4.69, 9.17) is 0 Å². The van der Waals surface area contributed by atoms with Crippen LogP contribution in [0.5, 0.6) is 0 Å². The average Bonchev–Trinajstić information content (AvgIpc) is 3.31. The standard InChI is InChI=1S/C24H24F3N5/c1-14-2-3-18(28-10-14)13-32-11-15-6-19(7-16(15)12-32)29-23-5-4-22(30-31-23)20-8-17(25)9-21(26)24(20)27/h2-5,8-10,15-16,19H,6-7,11-13H2,1H3,(H,29,31)/t15-,16+,19?. The third kappa shape index (κ3) is 4.32. The van der Waals surface area contributed by atoms with Crippen LogP contribution in [0.1, 0.15) is 24.1 Å². The van der Waals surface area contributed by atoms with Crippen LogP contribution in [0.4, 0.5) is 19.0 Å². The van der Waals surface area contributed by atoms with E-state index < -0.39 is 17.5 Å². The lowest BCUT2D eigenvalue weighted by molar-refractivity contribution is 0.297. The van der Waals surface area contributed by atoms with Crippen molar-refractivity contribution in [1.29, 1.82) is 0 Å². The molecule has 5 rings (SSSR count). The van der Waals surface area contributed by atoms with Gasteiger partial charge in [0.2, 0.25) is 0 Å². The monoisotopic (exact) mass is 439 g/mol. The lowest BCUT2D eigenvalue weighted by Crippen LogP contribution is -2.25. The first-order valence-corrected chi connectivity index (χ1v) is 10.8. The minimum Gasteiger partial charge on any atom is -0.366 e. The van der Waals surface area contributed by atoms with Crippen LogP contribution >= 0.6 is 0 Å². The highest BCUT2D eigenvalue weighted by Gasteiger charge is 2.40. The third-order valence-electron chi connectivity index (χ3n) is 6.47. The van der Waals surface area contributed by atoms with Crippen molar-refractivity contribution >= 4 is 5.82 Å². The van der Waals surface area contributed by atoms with E-state index in [9.17, 15) is 13.2 Å². The maximum Gasteiger partial charge on any atom is 0.168 e. The first-order chi connectivity index (χ1) is 15.4. The van der Waals surface area contributed by atoms with Gasteiger partial charge in [-0.3, -0.25) is 9.88 Å². The van der Waals surface area contributed by atoms with Crippen LogP contribution in [-0.4, -0.2) is 39.2 Å². The van der Waals surface area contributed by atoms with Crippen LogP contribution in [-0.2, 0) is 6.54 Å². The molecule has 2 aliphatic rings. The number of nitrogens with one attached hydrogen (secondary N) is 1. The highest BCUT2D eigenvalue weighted by Crippen LogP contribution is 2.39. The van der Waals surface area contributed by atoms with Crippen LogP contribution in [0.15, 0.2) is 42.6 Å². The van der Waals surface area contributed by atoms with E-state index >= 15 is 0 Å². The van der Waals surface area contributed by atoms with Gasteiger partial charge < -0.3 is 5.32 Å². The average molecular weight is 439 g/mol. The molecule has 8 heteroatoms. The molecule has 3 heterocycles. The number of nitrogens with zero attached hydrogens (tertiary/aromatic N) is 4. The van der Waals surface area contributed by atoms with Crippen LogP contribution in [0, 0.1) is 36.2 Å². The number of hydrogen-bond acceptors (Lipinski definition) is 5. The van der Waals surface area contributed by atoms with Crippen molar-refractivity contribution in [3.8, 4) is 11.3 Å². The van der Waals surface area contributed by atoms with E-state index in [0.29, 0.717) is 29.8 Å². The molecule has 1 saturated carbocycles. The fourth-order valence-corrected chi connectivity index (χ4v) is 4.97. The molecule has 1 unspecified atom stereocenters. The summed E-state index contributed by atoms with van der Waals surface area (Å²) in [5.41, 5.74) is 2.13. The predicted octanol–water partition coefficient (Wildman–Crippen LogP) is 4.59. The van der Waals surface area contributed by atoms with Gasteiger partial charge in [0.1, 0.15) is 11.6 Å². The number of fused-ring (bicyclic) bond motifs is 1. The Morgan fingerprint density at radius 1 is 1.00 bits per heavy atom. The predicted molar refractivity (Wildman–Crippen MR) is 115 cm³/mol. The van der Waals surface area contributed by atoms with Crippen LogP contribution < -0.4 is 5.32 Å². The molecule has 1 aliphatic heterocycles. The Kier molecular flexibility index (Phi) is 5.55. The lowest BCUT2D eigenvalue weighted by atomic mass is 10.0. The lowest BCUT2D eigenvalue weighted by Gasteiger charge is -2.19. The van der Waals surface area contributed by atoms with Gasteiger partial charge in [0.15, 0.2) is 11.6 Å². The minimum atomic E-state index is -1.24. The maximum atomic E-state index is 14.0. The number of aromatic nitrogens is 3. The number of pyridine rings is 1. The van der Waals surface area contributed by atoms with Gasteiger partial charge in [-0.2, -0.15) is 0 Å². The van der Waals surface area contributed by atoms with Gasteiger partial charge in [-0.1, -0.05) is 6.07 Å². The zero-order valence-electron chi connectivity index (χ0n) is 17.7. The molecule has 1 saturated heterocycles. The van der Waals surface area contributed by atoms with Crippen molar-refractivity contribution in [2.75, 3.05) is 18.4 Å². The molecule has 3 aromatic rings. The smallest absolute Gasteiger partial charge is 0.168 e. The van der Waals surface area contributed by atoms with Gasteiger partial charge >= 0.3 is 0 Å². The zero-order valence-corrected chi connectivity index (χ0v) is 17.7. The summed E-state index contributed by atoms with van der Waals surface area (Å²) in [6.07, 6.45) is 4.02. The molecule has 5 nitrogen and oxygen atoms in total. The molecule has 2 aromatic heterocycles. The molecule has 0 radical (unpaired) electrons. The van der Waals surface area contributed by atoms with Crippen LogP contribution in [0.3, 0.4) is 0 Å². The third-order valence-corrected chi connectivity index (χ3v) is 6.47. The number of anilines is 1. The van der Waals surface area contributed by atoms with Gasteiger partial charge in [-0.25, -0.2) is 13.2 Å². The molecule has 166 valence electrons. The fraction of sp³-hybridized carbons (Fsp3) is 0.375. The molecule has 0 amide bonds. The van der Waals surface area contributed by atoms with E-state index in [2.05, 4.69) is 37.5 Å². The summed E-state index contributed by atoms with van der Waals surface area (Å²) in [7, 11) is 0. The second-order valence-electron chi connectivity index (χ2n) is 8.91. The van der Waals surface area contributed by atoms with E-state index in [-0.39, 0.29) is 11.3 Å². The van der Waals surface area contributed by atoms with Gasteiger partial charge in [0.05, 0.1) is 11.4 Å². The first-order valence-electron chi connectivity index (χ1n) is 10.8. The minimum absolute atomic E-state index is 0.0927. The number of halogens is 3. The summed E-state index contributed by atoms with van der Waals surface area (Å²) in [6.45, 7) is 5.05. The zero-order chi connectivity index (χ0) is 22.2. The summed E-state index contributed by atoms with van der Waals surface area (Å²) in [5, 5.41) is 11.5. The Bertz CT molecular complexity index is 1090. The van der Waals surface area contributed by atoms with Crippen molar-refractivity contribution < 1.29 is 13.2 Å². The fourth-order valence-electron chi connectivity index (χ4n) is 4.97.